The Balaban J connectivity index is 2.41. The fourth-order valence-electron chi connectivity index (χ4n) is 1.12. The van der Waals surface area contributed by atoms with Crippen LogP contribution in [0.3, 0.4) is 0 Å². The average Bonchev–Trinajstić information content (AvgIpc) is 2.74. The summed E-state index contributed by atoms with van der Waals surface area (Å²) in [4.78, 5) is 13.8. The lowest BCUT2D eigenvalue weighted by atomic mass is 10.3. The topological polar surface area (TPSA) is 63.3 Å². The van der Waals surface area contributed by atoms with Crippen molar-refractivity contribution < 1.29 is 23.1 Å². The Bertz CT molecular complexity index is 371. The Labute approximate surface area is 77.6 Å². The van der Waals surface area contributed by atoms with Gasteiger partial charge >= 0.3 is 0 Å². The minimum atomic E-state index is -2.87. The van der Waals surface area contributed by atoms with Gasteiger partial charge in [0.15, 0.2) is 17.7 Å². The number of hydrogen-bond donors (Lipinski definition) is 1. The van der Waals surface area contributed by atoms with Crippen LogP contribution in [0.4, 0.5) is 8.78 Å². The SMILES string of the molecule is O=Cc1oc(C2(O)CC2)nc1C(F)F. The van der Waals surface area contributed by atoms with Crippen LogP contribution in [0.5, 0.6) is 0 Å². The third-order valence-corrected chi connectivity index (χ3v) is 2.12. The first-order valence-electron chi connectivity index (χ1n) is 4.04. The van der Waals surface area contributed by atoms with Gasteiger partial charge in [-0.25, -0.2) is 13.8 Å². The summed E-state index contributed by atoms with van der Waals surface area (Å²) < 4.78 is 29.3. The largest absolute Gasteiger partial charge is 0.434 e. The van der Waals surface area contributed by atoms with E-state index < -0.39 is 23.5 Å². The Morgan fingerprint density at radius 1 is 1.57 bits per heavy atom. The molecule has 0 spiro atoms. The molecule has 76 valence electrons. The molecule has 1 aromatic rings. The van der Waals surface area contributed by atoms with Gasteiger partial charge in [-0.2, -0.15) is 0 Å². The number of alkyl halides is 2. The molecule has 1 saturated carbocycles. The van der Waals surface area contributed by atoms with Crippen molar-refractivity contribution in [2.24, 2.45) is 0 Å². The number of carbonyl (C=O) groups excluding carboxylic acids is 1. The smallest absolute Gasteiger partial charge is 0.284 e. The van der Waals surface area contributed by atoms with Crippen LogP contribution in [0.2, 0.25) is 0 Å². The van der Waals surface area contributed by atoms with Crippen LogP contribution in [0.15, 0.2) is 4.42 Å². The molecule has 0 atom stereocenters. The van der Waals surface area contributed by atoms with E-state index in [1.54, 1.807) is 0 Å². The summed E-state index contributed by atoms with van der Waals surface area (Å²) in [7, 11) is 0. The van der Waals surface area contributed by atoms with Crippen molar-refractivity contribution in [1.29, 1.82) is 0 Å². The van der Waals surface area contributed by atoms with Gasteiger partial charge in [-0.05, 0) is 12.8 Å². The molecule has 1 N–H and O–H groups in total. The normalized spacial score (nSPS) is 18.6. The average molecular weight is 203 g/mol. The number of aromatic nitrogens is 1. The fourth-order valence-corrected chi connectivity index (χ4v) is 1.12. The molecule has 1 heterocycles. The predicted molar refractivity (Wildman–Crippen MR) is 40.0 cm³/mol. The molecule has 0 aliphatic heterocycles. The third kappa shape index (κ3) is 1.31. The van der Waals surface area contributed by atoms with Crippen molar-refractivity contribution in [2.45, 2.75) is 24.9 Å². The monoisotopic (exact) mass is 203 g/mol. The number of carbonyl (C=O) groups is 1. The number of aldehydes is 1. The highest BCUT2D eigenvalue weighted by molar-refractivity contribution is 5.72. The van der Waals surface area contributed by atoms with Gasteiger partial charge in [-0.3, -0.25) is 4.79 Å². The first-order valence-corrected chi connectivity index (χ1v) is 4.04. The Hall–Kier alpha value is -1.30. The molecule has 6 heteroatoms. The molecule has 0 bridgehead atoms. The molecule has 1 aromatic heterocycles. The highest BCUT2D eigenvalue weighted by atomic mass is 19.3. The van der Waals surface area contributed by atoms with Crippen molar-refractivity contribution in [3.63, 3.8) is 0 Å². The summed E-state index contributed by atoms with van der Waals surface area (Å²) in [5.74, 6) is -0.690. The van der Waals surface area contributed by atoms with Gasteiger partial charge in [0.25, 0.3) is 6.43 Å². The van der Waals surface area contributed by atoms with Gasteiger partial charge in [-0.15, -0.1) is 0 Å². The maximum absolute atomic E-state index is 12.3. The Kier molecular flexibility index (Phi) is 1.88. The van der Waals surface area contributed by atoms with E-state index in [0.29, 0.717) is 12.8 Å². The maximum atomic E-state index is 12.3. The van der Waals surface area contributed by atoms with Gasteiger partial charge in [-0.1, -0.05) is 0 Å². The van der Waals surface area contributed by atoms with Gasteiger partial charge < -0.3 is 9.52 Å². The molecular formula is C8H7F2NO3. The highest BCUT2D eigenvalue weighted by Gasteiger charge is 2.48. The first-order chi connectivity index (χ1) is 6.57. The lowest BCUT2D eigenvalue weighted by Gasteiger charge is -1.98. The molecule has 0 unspecified atom stereocenters. The Morgan fingerprint density at radius 3 is 2.57 bits per heavy atom. The lowest BCUT2D eigenvalue weighted by molar-refractivity contribution is 0.103. The molecular weight excluding hydrogens is 196 g/mol. The van der Waals surface area contributed by atoms with Crippen LogP contribution < -0.4 is 0 Å². The first kappa shape index (κ1) is 9.26. The van der Waals surface area contributed by atoms with Crippen molar-refractivity contribution in [2.75, 3.05) is 0 Å². The van der Waals surface area contributed by atoms with E-state index in [9.17, 15) is 18.7 Å². The van der Waals surface area contributed by atoms with Gasteiger partial charge in [0.2, 0.25) is 5.89 Å². The number of hydrogen-bond acceptors (Lipinski definition) is 4. The molecule has 2 rings (SSSR count). The van der Waals surface area contributed by atoms with E-state index in [1.165, 1.54) is 0 Å². The summed E-state index contributed by atoms with van der Waals surface area (Å²) >= 11 is 0. The number of rotatable bonds is 3. The summed E-state index contributed by atoms with van der Waals surface area (Å²) in [6.45, 7) is 0. The molecule has 0 saturated heterocycles. The van der Waals surface area contributed by atoms with Crippen molar-refractivity contribution >= 4 is 6.29 Å². The van der Waals surface area contributed by atoms with Gasteiger partial charge in [0.1, 0.15) is 5.60 Å². The third-order valence-electron chi connectivity index (χ3n) is 2.12. The summed E-state index contributed by atoms with van der Waals surface area (Å²) in [5.41, 5.74) is -1.93. The maximum Gasteiger partial charge on any atom is 0.284 e. The summed E-state index contributed by atoms with van der Waals surface area (Å²) in [6.07, 6.45) is -1.85. The number of aliphatic hydroxyl groups is 1. The zero-order valence-corrected chi connectivity index (χ0v) is 7.04. The van der Waals surface area contributed by atoms with E-state index in [2.05, 4.69) is 4.98 Å². The van der Waals surface area contributed by atoms with E-state index in [4.69, 9.17) is 4.42 Å². The molecule has 0 amide bonds. The molecule has 0 aromatic carbocycles. The van der Waals surface area contributed by atoms with Crippen LogP contribution in [0.25, 0.3) is 0 Å². The second kappa shape index (κ2) is 2.84. The van der Waals surface area contributed by atoms with Crippen LogP contribution in [-0.4, -0.2) is 16.4 Å². The van der Waals surface area contributed by atoms with E-state index in [-0.39, 0.29) is 12.2 Å². The number of oxazole rings is 1. The molecule has 0 radical (unpaired) electrons. The lowest BCUT2D eigenvalue weighted by Crippen LogP contribution is -2.04. The quantitative estimate of drug-likeness (QED) is 0.754. The molecule has 1 fully saturated rings. The van der Waals surface area contributed by atoms with Crippen molar-refractivity contribution in [3.8, 4) is 0 Å². The summed E-state index contributed by atoms with van der Waals surface area (Å²) in [6, 6.07) is 0. The van der Waals surface area contributed by atoms with E-state index in [0.717, 1.165) is 0 Å². The fraction of sp³-hybridized carbons (Fsp3) is 0.500. The van der Waals surface area contributed by atoms with E-state index in [1.807, 2.05) is 0 Å². The van der Waals surface area contributed by atoms with Crippen LogP contribution >= 0.6 is 0 Å². The van der Waals surface area contributed by atoms with Crippen LogP contribution in [-0.2, 0) is 5.60 Å². The van der Waals surface area contributed by atoms with Crippen LogP contribution in [0, 0.1) is 0 Å². The Morgan fingerprint density at radius 2 is 2.21 bits per heavy atom. The summed E-state index contributed by atoms with van der Waals surface area (Å²) in [5, 5.41) is 9.50. The minimum absolute atomic E-state index is 0.170. The molecule has 1 aliphatic carbocycles. The molecule has 14 heavy (non-hydrogen) atoms. The van der Waals surface area contributed by atoms with Crippen molar-refractivity contribution in [3.05, 3.63) is 17.3 Å². The van der Waals surface area contributed by atoms with E-state index >= 15 is 0 Å². The highest BCUT2D eigenvalue weighted by Crippen LogP contribution is 2.45. The molecule has 4 nitrogen and oxygen atoms in total. The van der Waals surface area contributed by atoms with Crippen molar-refractivity contribution in [1.82, 2.24) is 4.98 Å². The van der Waals surface area contributed by atoms with Gasteiger partial charge in [0.05, 0.1) is 0 Å². The number of halogens is 2. The second-order valence-corrected chi connectivity index (χ2v) is 3.22. The van der Waals surface area contributed by atoms with Crippen LogP contribution in [0.1, 0.15) is 41.4 Å². The standard InChI is InChI=1S/C8H7F2NO3/c9-6(10)5-4(3-12)14-7(11-5)8(13)1-2-8/h3,6,13H,1-2H2. The predicted octanol–water partition coefficient (Wildman–Crippen LogP) is 1.41. The zero-order valence-electron chi connectivity index (χ0n) is 7.04. The minimum Gasteiger partial charge on any atom is -0.434 e. The second-order valence-electron chi connectivity index (χ2n) is 3.22. The number of nitrogens with zero attached hydrogens (tertiary/aromatic N) is 1. The van der Waals surface area contributed by atoms with Gasteiger partial charge in [0, 0.05) is 0 Å². The molecule has 1 aliphatic rings. The zero-order chi connectivity index (χ0) is 10.3.